The normalized spacial score (nSPS) is 14.2. The number of guanidine groups is 1. The van der Waals surface area contributed by atoms with Gasteiger partial charge < -0.3 is 133 Å². The van der Waals surface area contributed by atoms with Crippen LogP contribution in [0, 0.1) is 11.3 Å². The molecular weight excluding hydrogens is 1710 g/mol. The number of unbranched alkanes of at least 4 members (excludes halogenated alkanes) is 1. The summed E-state index contributed by atoms with van der Waals surface area (Å²) in [6.45, 7) is 4.74. The minimum Gasteiger partial charge on any atom is -0.508 e. The molecule has 0 unspecified atom stereocenters. The highest BCUT2D eigenvalue weighted by Crippen LogP contribution is 2.23. The van der Waals surface area contributed by atoms with E-state index in [1.54, 1.807) is 105 Å². The number of nitrogens with one attached hydrogen (secondary N) is 18. The first-order valence-corrected chi connectivity index (χ1v) is 43.4. The lowest BCUT2D eigenvalue weighted by Gasteiger charge is -2.29. The van der Waals surface area contributed by atoms with Gasteiger partial charge in [0, 0.05) is 97.8 Å². The Morgan fingerprint density at radius 3 is 1.35 bits per heavy atom. The molecule has 0 fully saturated rings. The monoisotopic (exact) mass is 1830 g/mol. The van der Waals surface area contributed by atoms with Gasteiger partial charge in [0.2, 0.25) is 94.5 Å². The van der Waals surface area contributed by atoms with Crippen molar-refractivity contribution < 1.29 is 91.7 Å². The highest BCUT2D eigenvalue weighted by atomic mass is 32.1. The summed E-state index contributed by atoms with van der Waals surface area (Å²) in [4.78, 5) is 229. The highest BCUT2D eigenvalue weighted by Gasteiger charge is 2.39. The number of phenols is 1. The molecule has 16 amide bonds. The van der Waals surface area contributed by atoms with Crippen molar-refractivity contribution >= 4 is 148 Å². The van der Waals surface area contributed by atoms with Crippen LogP contribution in [0.1, 0.15) is 108 Å². The molecule has 0 bridgehead atoms. The van der Waals surface area contributed by atoms with Gasteiger partial charge in [-0.1, -0.05) is 92.7 Å². The zero-order chi connectivity index (χ0) is 94.8. The number of rotatable bonds is 57. The SMILES string of the molecule is CC(=O)N[C@@H](CS)C(=O)N[C@@H](CCCN)C(=O)N[C@H](C(=O)N[C@@H](Cc1c[nH]c2ccccc12)C(=O)N[C@@H](CCC(N)=O)C(=O)N[C@@H](CS)C(=O)N[C@@H](Cc1ccc(O)cc1)C(=O)N[C@@H](Cc1c[nH]c2ccccc12)C(=O)N[C@@H](CCCNC(=N)N)C(=O)N[C@H](C(=O)N[C@@H](Cc1ccccc1)C(=O)NCC(=O)NCCOCC(=O)N[C@H](CCCCN)C(N)=O)C(C)C)[C@@H](C)O. The number of aromatic nitrogens is 2. The highest BCUT2D eigenvalue weighted by molar-refractivity contribution is 7.80. The fourth-order valence-electron chi connectivity index (χ4n) is 13.6. The number of carbonyl (C=O) groups excluding carboxylic acids is 16. The van der Waals surface area contributed by atoms with Crippen LogP contribution in [0.5, 0.6) is 5.75 Å². The average Bonchev–Trinajstić information content (AvgIpc) is 1.64. The van der Waals surface area contributed by atoms with Crippen molar-refractivity contribution in [2.45, 2.75) is 190 Å². The molecule has 0 aliphatic heterocycles. The van der Waals surface area contributed by atoms with Gasteiger partial charge in [0.15, 0.2) is 5.96 Å². The number of benzene rings is 4. The molecule has 6 rings (SSSR count). The average molecular weight is 1830 g/mol. The number of nitrogens with two attached hydrogens (primary N) is 5. The molecule has 2 heterocycles. The summed E-state index contributed by atoms with van der Waals surface area (Å²) >= 11 is 8.55. The first kappa shape index (κ1) is 105. The molecule has 0 aliphatic rings. The molecule has 129 heavy (non-hydrogen) atoms. The molecule has 0 saturated carbocycles. The molecule has 4 aromatic carbocycles. The second-order valence-corrected chi connectivity index (χ2v) is 31.8. The van der Waals surface area contributed by atoms with E-state index in [0.29, 0.717) is 63.4 Å². The summed E-state index contributed by atoms with van der Waals surface area (Å²) < 4.78 is 5.36. The van der Waals surface area contributed by atoms with Crippen molar-refractivity contribution in [3.05, 3.63) is 138 Å². The number of hydrogen-bond donors (Lipinski definition) is 27. The molecule has 702 valence electrons. The Labute approximate surface area is 755 Å². The Bertz CT molecular complexity index is 4810. The fourth-order valence-corrected chi connectivity index (χ4v) is 14.1. The minimum absolute atomic E-state index is 0.000460. The maximum Gasteiger partial charge on any atom is 0.246 e. The van der Waals surface area contributed by atoms with Gasteiger partial charge in [-0.25, -0.2) is 0 Å². The molecule has 0 radical (unpaired) electrons. The molecule has 0 spiro atoms. The first-order chi connectivity index (χ1) is 61.5. The summed E-state index contributed by atoms with van der Waals surface area (Å²) in [5.74, 6) is -16.3. The van der Waals surface area contributed by atoms with E-state index in [9.17, 15) is 77.3 Å². The number of fused-ring (bicyclic) bond motifs is 2. The van der Waals surface area contributed by atoms with Crippen LogP contribution in [0.25, 0.3) is 21.8 Å². The van der Waals surface area contributed by atoms with Crippen LogP contribution in [0.4, 0.5) is 0 Å². The second kappa shape index (κ2) is 54.3. The van der Waals surface area contributed by atoms with Gasteiger partial charge in [-0.05, 0) is 124 Å². The van der Waals surface area contributed by atoms with Crippen LogP contribution >= 0.6 is 25.3 Å². The zero-order valence-corrected chi connectivity index (χ0v) is 74.0. The molecule has 2 aromatic heterocycles. The van der Waals surface area contributed by atoms with Crippen molar-refractivity contribution in [2.75, 3.05) is 57.4 Å². The Balaban J connectivity index is 1.25. The number of aromatic hydroxyl groups is 1. The van der Waals surface area contributed by atoms with Crippen molar-refractivity contribution in [1.29, 1.82) is 5.41 Å². The number of aromatic amines is 2. The third-order valence-electron chi connectivity index (χ3n) is 20.5. The number of para-hydroxylation sites is 2. The lowest BCUT2D eigenvalue weighted by atomic mass is 9.99. The Morgan fingerprint density at radius 1 is 0.426 bits per heavy atom. The van der Waals surface area contributed by atoms with E-state index >= 15 is 9.59 Å². The van der Waals surface area contributed by atoms with E-state index in [1.807, 2.05) is 0 Å². The van der Waals surface area contributed by atoms with Gasteiger partial charge in [-0.15, -0.1) is 0 Å². The first-order valence-electron chi connectivity index (χ1n) is 42.1. The van der Waals surface area contributed by atoms with Crippen molar-refractivity contribution in [1.82, 2.24) is 89.7 Å². The van der Waals surface area contributed by atoms with Crippen LogP contribution in [-0.2, 0) is 107 Å². The number of thiol groups is 2. The van der Waals surface area contributed by atoms with Crippen LogP contribution in [0.2, 0.25) is 0 Å². The zero-order valence-electron chi connectivity index (χ0n) is 72.2. The van der Waals surface area contributed by atoms with E-state index in [-0.39, 0.29) is 95.5 Å². The van der Waals surface area contributed by atoms with E-state index in [0.717, 1.165) is 0 Å². The number of phenolic OH excluding ortho intramolecular Hbond substituents is 1. The van der Waals surface area contributed by atoms with Crippen LogP contribution in [0.3, 0.4) is 0 Å². The Morgan fingerprint density at radius 2 is 0.853 bits per heavy atom. The number of aliphatic hydroxyl groups excluding tert-OH is 1. The van der Waals surface area contributed by atoms with Gasteiger partial charge in [0.05, 0.1) is 19.3 Å². The van der Waals surface area contributed by atoms with Gasteiger partial charge >= 0.3 is 0 Å². The lowest BCUT2D eigenvalue weighted by Crippen LogP contribution is -2.62. The number of amides is 16. The quantitative estimate of drug-likeness (QED) is 0.00740. The second-order valence-electron chi connectivity index (χ2n) is 31.1. The third-order valence-corrected chi connectivity index (χ3v) is 21.2. The number of primary amides is 2. The molecule has 42 nitrogen and oxygen atoms in total. The molecule has 0 saturated heterocycles. The van der Waals surface area contributed by atoms with E-state index < -0.39 is 217 Å². The molecule has 30 N–H and O–H groups in total. The number of ether oxygens (including phenoxy) is 1. The van der Waals surface area contributed by atoms with Crippen LogP contribution in [0.15, 0.2) is 116 Å². The number of carbonyl (C=O) groups is 16. The summed E-state index contributed by atoms with van der Waals surface area (Å²) in [6.07, 6.45) is 0.724. The summed E-state index contributed by atoms with van der Waals surface area (Å²) in [7, 11) is 0. The van der Waals surface area contributed by atoms with Gasteiger partial charge in [-0.2, -0.15) is 25.3 Å². The predicted molar refractivity (Wildman–Crippen MR) is 484 cm³/mol. The summed E-state index contributed by atoms with van der Waals surface area (Å²) in [6, 6.07) is 9.85. The van der Waals surface area contributed by atoms with E-state index in [4.69, 9.17) is 38.8 Å². The van der Waals surface area contributed by atoms with E-state index in [2.05, 4.69) is 115 Å². The third kappa shape index (κ3) is 35.7. The van der Waals surface area contributed by atoms with Gasteiger partial charge in [-0.3, -0.25) is 82.1 Å². The maximum absolute atomic E-state index is 15.4. The largest absolute Gasteiger partial charge is 0.508 e. The summed E-state index contributed by atoms with van der Waals surface area (Å²) in [5.41, 5.74) is 31.1. The Hall–Kier alpha value is -12.9. The van der Waals surface area contributed by atoms with Gasteiger partial charge in [0.1, 0.15) is 84.9 Å². The maximum atomic E-state index is 15.4. The summed E-state index contributed by atoms with van der Waals surface area (Å²) in [5, 5.41) is 69.3. The molecule has 13 atom stereocenters. The molecule has 0 aliphatic carbocycles. The van der Waals surface area contributed by atoms with Crippen molar-refractivity contribution in [3.8, 4) is 5.75 Å². The van der Waals surface area contributed by atoms with Gasteiger partial charge in [0.25, 0.3) is 0 Å². The number of aliphatic hydroxyl groups is 1. The molecule has 6 aromatic rings. The number of H-pyrrole nitrogens is 2. The standard InChI is InChI=1S/C85H121N23O19S2/c1-46(2)71(83(125)104-62(36-49-16-6-5-7-17-49)74(116)96-42-69(113)92-34-35-127-43-70(114)98-58(73(89)115)22-12-13-31-86)107-76(118)60(24-15-33-93-85(90)91)99-79(121)64(38-51-40-94-56-20-10-8-18-54(51)56)103-78(120)63(37-50-25-27-53(111)28-26-50)102-82(124)67(45-129)106-75(117)61(29-30-68(88)112)101-80(122)65(39-52-41-95-57-21-11-9-19-55(52)57)105-84(126)72(47(3)109)108-77(119)59(23-14-32-87)100-81(123)66(44-128)97-48(4)110/h5-11,16-21,25-28,40-41,46-47,58-67,71-72,94-95,109,111,128-129H,12-15,22-24,29-39,42-45,86-87H2,1-4H3,(H2,88,112)(H2,89,115)(H,92,113)(H,96,116)(H,97,110)(H,98,114)(H,99,121)(H,100,123)(H,101,122)(H,102,124)(H,103,120)(H,104,125)(H,105,126)(H,106,117)(H,107,118)(H,108,119)(H4,90,91,93)/t47-,58-,59+,60+,61+,62+,63+,64+,65+,66+,67+,71+,72+/m1/s1. The van der Waals surface area contributed by atoms with Crippen molar-refractivity contribution in [2.24, 2.45) is 34.6 Å². The smallest absolute Gasteiger partial charge is 0.246 e. The Kier molecular flexibility index (Phi) is 44.1. The van der Waals surface area contributed by atoms with Crippen LogP contribution < -0.4 is 108 Å². The lowest BCUT2D eigenvalue weighted by molar-refractivity contribution is -0.137. The predicted octanol–water partition coefficient (Wildman–Crippen LogP) is -4.51. The van der Waals surface area contributed by atoms with Crippen LogP contribution in [-0.4, -0.2) is 257 Å². The van der Waals surface area contributed by atoms with E-state index in [1.165, 1.54) is 38.1 Å². The topological polar surface area (TPSA) is 689 Å². The van der Waals surface area contributed by atoms with Crippen molar-refractivity contribution in [3.63, 3.8) is 0 Å². The molecular formula is C85H121N23O19S2. The molecule has 44 heteroatoms. The minimum atomic E-state index is -1.83. The number of hydrogen-bond acceptors (Lipinski definition) is 24. The fraction of sp³-hybridized carbons (Fsp3) is 0.471.